The lowest BCUT2D eigenvalue weighted by Crippen LogP contribution is -1.89. The van der Waals surface area contributed by atoms with Crippen LogP contribution >= 0.6 is 12.6 Å². The predicted molar refractivity (Wildman–Crippen MR) is 52.4 cm³/mol. The second kappa shape index (κ2) is 3.86. The highest BCUT2D eigenvalue weighted by Gasteiger charge is 2.02. The molecule has 0 saturated heterocycles. The Kier molecular flexibility index (Phi) is 3.06. The van der Waals surface area contributed by atoms with Crippen LogP contribution in [0.5, 0.6) is 0 Å². The second-order valence-electron chi connectivity index (χ2n) is 2.90. The quantitative estimate of drug-likeness (QED) is 0.647. The van der Waals surface area contributed by atoms with Crippen molar-refractivity contribution in [1.82, 2.24) is 4.98 Å². The van der Waals surface area contributed by atoms with Crippen LogP contribution in [-0.4, -0.2) is 10.7 Å². The molecule has 0 saturated carbocycles. The van der Waals surface area contributed by atoms with Crippen molar-refractivity contribution in [2.45, 2.75) is 26.7 Å². The Labute approximate surface area is 73.6 Å². The predicted octanol–water partition coefficient (Wildman–Crippen LogP) is 2.49. The average Bonchev–Trinajstić information content (AvgIpc) is 2.29. The molecule has 11 heavy (non-hydrogen) atoms. The molecule has 1 aromatic rings. The Morgan fingerprint density at radius 3 is 2.64 bits per heavy atom. The Hall–Kier alpha value is -0.370. The van der Waals surface area contributed by atoms with Gasteiger partial charge in [-0.3, -0.25) is 0 Å². The summed E-state index contributed by atoms with van der Waals surface area (Å²) >= 11 is 4.19. The van der Waals surface area contributed by atoms with E-state index in [-0.39, 0.29) is 0 Å². The lowest BCUT2D eigenvalue weighted by atomic mass is 10.1. The van der Waals surface area contributed by atoms with Crippen molar-refractivity contribution in [1.29, 1.82) is 0 Å². The molecule has 0 unspecified atom stereocenters. The molecule has 0 aliphatic rings. The van der Waals surface area contributed by atoms with Gasteiger partial charge in [0.05, 0.1) is 0 Å². The van der Waals surface area contributed by atoms with Gasteiger partial charge < -0.3 is 4.98 Å². The molecular formula is C9H15NS. The smallest absolute Gasteiger partial charge is 0.0150 e. The van der Waals surface area contributed by atoms with Crippen molar-refractivity contribution in [3.05, 3.63) is 23.0 Å². The fourth-order valence-corrected chi connectivity index (χ4v) is 1.49. The summed E-state index contributed by atoms with van der Waals surface area (Å²) in [6.07, 6.45) is 4.40. The first kappa shape index (κ1) is 8.72. The van der Waals surface area contributed by atoms with Crippen molar-refractivity contribution in [3.63, 3.8) is 0 Å². The molecule has 1 heterocycles. The van der Waals surface area contributed by atoms with Gasteiger partial charge in [-0.2, -0.15) is 12.6 Å². The van der Waals surface area contributed by atoms with E-state index in [9.17, 15) is 0 Å². The number of rotatable bonds is 3. The maximum absolute atomic E-state index is 4.19. The van der Waals surface area contributed by atoms with Crippen molar-refractivity contribution in [3.8, 4) is 0 Å². The number of aromatic nitrogens is 1. The van der Waals surface area contributed by atoms with Crippen molar-refractivity contribution in [2.75, 3.05) is 5.75 Å². The first-order valence-corrected chi connectivity index (χ1v) is 4.63. The molecule has 0 fully saturated rings. The SMILES string of the molecule is Cc1c[nH]c(C)c1CCCS. The minimum absolute atomic E-state index is 0.976. The number of aromatic amines is 1. The lowest BCUT2D eigenvalue weighted by molar-refractivity contribution is 0.919. The molecule has 2 heteroatoms. The van der Waals surface area contributed by atoms with Crippen LogP contribution in [0.3, 0.4) is 0 Å². The molecule has 1 rings (SSSR count). The first-order chi connectivity index (χ1) is 5.25. The largest absolute Gasteiger partial charge is 0.365 e. The number of H-pyrrole nitrogens is 1. The Morgan fingerprint density at radius 1 is 1.45 bits per heavy atom. The fourth-order valence-electron chi connectivity index (χ4n) is 1.33. The van der Waals surface area contributed by atoms with E-state index in [0.717, 1.165) is 12.2 Å². The van der Waals surface area contributed by atoms with Crippen LogP contribution in [0.1, 0.15) is 23.2 Å². The van der Waals surface area contributed by atoms with Crippen molar-refractivity contribution < 1.29 is 0 Å². The summed E-state index contributed by atoms with van der Waals surface area (Å²) in [4.78, 5) is 3.22. The summed E-state index contributed by atoms with van der Waals surface area (Å²) < 4.78 is 0. The van der Waals surface area contributed by atoms with Crippen LogP contribution in [0.4, 0.5) is 0 Å². The Morgan fingerprint density at radius 2 is 2.18 bits per heavy atom. The molecule has 1 N–H and O–H groups in total. The summed E-state index contributed by atoms with van der Waals surface area (Å²) in [5, 5.41) is 0. The molecule has 1 nitrogen and oxygen atoms in total. The molecule has 0 aliphatic carbocycles. The van der Waals surface area contributed by atoms with Gasteiger partial charge in [0.2, 0.25) is 0 Å². The number of aryl methyl sites for hydroxylation is 2. The van der Waals surface area contributed by atoms with Gasteiger partial charge in [0.25, 0.3) is 0 Å². The summed E-state index contributed by atoms with van der Waals surface area (Å²) in [6.45, 7) is 4.28. The topological polar surface area (TPSA) is 15.8 Å². The van der Waals surface area contributed by atoms with Crippen molar-refractivity contribution >= 4 is 12.6 Å². The maximum Gasteiger partial charge on any atom is 0.0150 e. The average molecular weight is 169 g/mol. The number of nitrogens with one attached hydrogen (secondary N) is 1. The van der Waals surface area contributed by atoms with E-state index in [2.05, 4.69) is 37.7 Å². The van der Waals surface area contributed by atoms with Crippen LogP contribution in [0.15, 0.2) is 6.20 Å². The maximum atomic E-state index is 4.19. The zero-order valence-corrected chi connectivity index (χ0v) is 8.04. The van der Waals surface area contributed by atoms with Crippen LogP contribution in [0.25, 0.3) is 0 Å². The number of hydrogen-bond donors (Lipinski definition) is 2. The monoisotopic (exact) mass is 169 g/mol. The highest BCUT2D eigenvalue weighted by Crippen LogP contribution is 2.14. The van der Waals surface area contributed by atoms with Gasteiger partial charge in [-0.1, -0.05) is 0 Å². The molecule has 1 aromatic heterocycles. The van der Waals surface area contributed by atoms with Gasteiger partial charge in [-0.25, -0.2) is 0 Å². The molecule has 0 bridgehead atoms. The lowest BCUT2D eigenvalue weighted by Gasteiger charge is -1.99. The Balaban J connectivity index is 2.67. The van der Waals surface area contributed by atoms with Crippen molar-refractivity contribution in [2.24, 2.45) is 0 Å². The minimum atomic E-state index is 0.976. The van der Waals surface area contributed by atoms with Crippen LogP contribution in [0, 0.1) is 13.8 Å². The van der Waals surface area contributed by atoms with E-state index in [1.165, 1.54) is 23.2 Å². The standard InChI is InChI=1S/C9H15NS/c1-7-6-10-8(2)9(7)4-3-5-11/h6,10-11H,3-5H2,1-2H3. The molecule has 0 aliphatic heterocycles. The summed E-state index contributed by atoms with van der Waals surface area (Å²) in [5.41, 5.74) is 4.16. The molecule has 0 amide bonds. The third-order valence-corrected chi connectivity index (χ3v) is 2.33. The summed E-state index contributed by atoms with van der Waals surface area (Å²) in [5.74, 6) is 0.976. The molecule has 0 aromatic carbocycles. The van der Waals surface area contributed by atoms with Gasteiger partial charge in [0.15, 0.2) is 0 Å². The summed E-state index contributed by atoms with van der Waals surface area (Å²) in [7, 11) is 0. The van der Waals surface area contributed by atoms with Gasteiger partial charge >= 0.3 is 0 Å². The fraction of sp³-hybridized carbons (Fsp3) is 0.556. The van der Waals surface area contributed by atoms with E-state index in [4.69, 9.17) is 0 Å². The minimum Gasteiger partial charge on any atom is -0.365 e. The normalized spacial score (nSPS) is 10.5. The van der Waals surface area contributed by atoms with Gasteiger partial charge in [-0.05, 0) is 43.6 Å². The van der Waals surface area contributed by atoms with E-state index < -0.39 is 0 Å². The molecule has 0 atom stereocenters. The molecule has 0 spiro atoms. The zero-order valence-electron chi connectivity index (χ0n) is 7.15. The summed E-state index contributed by atoms with van der Waals surface area (Å²) in [6, 6.07) is 0. The molecular weight excluding hydrogens is 154 g/mol. The van der Waals surface area contributed by atoms with Gasteiger partial charge in [0.1, 0.15) is 0 Å². The van der Waals surface area contributed by atoms with Crippen LogP contribution in [0.2, 0.25) is 0 Å². The zero-order chi connectivity index (χ0) is 8.27. The van der Waals surface area contributed by atoms with E-state index in [0.29, 0.717) is 0 Å². The van der Waals surface area contributed by atoms with E-state index in [1.54, 1.807) is 0 Å². The second-order valence-corrected chi connectivity index (χ2v) is 3.35. The van der Waals surface area contributed by atoms with Gasteiger partial charge in [0, 0.05) is 11.9 Å². The third kappa shape index (κ3) is 2.03. The van der Waals surface area contributed by atoms with E-state index >= 15 is 0 Å². The molecule has 62 valence electrons. The first-order valence-electron chi connectivity index (χ1n) is 4.00. The third-order valence-electron chi connectivity index (χ3n) is 2.02. The van der Waals surface area contributed by atoms with Crippen LogP contribution in [-0.2, 0) is 6.42 Å². The van der Waals surface area contributed by atoms with Gasteiger partial charge in [-0.15, -0.1) is 0 Å². The van der Waals surface area contributed by atoms with E-state index in [1.807, 2.05) is 0 Å². The number of thiol groups is 1. The highest BCUT2D eigenvalue weighted by atomic mass is 32.1. The molecule has 0 radical (unpaired) electrons. The van der Waals surface area contributed by atoms with Crippen LogP contribution < -0.4 is 0 Å². The Bertz CT molecular complexity index is 208. The highest BCUT2D eigenvalue weighted by molar-refractivity contribution is 7.80. The number of hydrogen-bond acceptors (Lipinski definition) is 1.